The van der Waals surface area contributed by atoms with E-state index in [0.717, 1.165) is 57.8 Å². The molecule has 1 unspecified atom stereocenters. The van der Waals surface area contributed by atoms with Crippen LogP contribution in [0.5, 0.6) is 0 Å². The van der Waals surface area contributed by atoms with Crippen molar-refractivity contribution in [2.45, 2.75) is 155 Å². The van der Waals surface area contributed by atoms with Crippen molar-refractivity contribution in [1.82, 2.24) is 0 Å². The van der Waals surface area contributed by atoms with E-state index in [0.29, 0.717) is 25.7 Å². The molecule has 0 fully saturated rings. The van der Waals surface area contributed by atoms with Gasteiger partial charge in [-0.2, -0.15) is 0 Å². The van der Waals surface area contributed by atoms with Crippen molar-refractivity contribution in [3.63, 3.8) is 0 Å². The number of rotatable bonds is 37. The Morgan fingerprint density at radius 3 is 1.76 bits per heavy atom. The van der Waals surface area contributed by atoms with Gasteiger partial charge in [0.2, 0.25) is 0 Å². The maximum absolute atomic E-state index is 12.5. The van der Waals surface area contributed by atoms with Gasteiger partial charge in [-0.05, 0) is 76.7 Å². The summed E-state index contributed by atoms with van der Waals surface area (Å²) in [5.41, 5.74) is 5.33. The van der Waals surface area contributed by atoms with Gasteiger partial charge in [0.1, 0.15) is 6.61 Å². The third-order valence-corrected chi connectivity index (χ3v) is 9.03. The number of phosphoric acid groups is 1. The number of carbonyl (C=O) groups excluding carboxylic acids is 3. The molecule has 2 atom stereocenters. The largest absolute Gasteiger partial charge is 0.472 e. The number of carbonyl (C=O) groups is 3. The van der Waals surface area contributed by atoms with Crippen LogP contribution in [0.25, 0.3) is 0 Å². The molecule has 0 saturated carbocycles. The average Bonchev–Trinajstić information content (AvgIpc) is 3.15. The molecular weight excluding hydrogens is 705 g/mol. The molecule has 0 aromatic rings. The van der Waals surface area contributed by atoms with Crippen molar-refractivity contribution in [2.75, 3.05) is 26.4 Å². The zero-order valence-electron chi connectivity index (χ0n) is 33.4. The lowest BCUT2D eigenvalue weighted by molar-refractivity contribution is -0.161. The lowest BCUT2D eigenvalue weighted by atomic mass is 10.1. The Labute approximate surface area is 327 Å². The highest BCUT2D eigenvalue weighted by Gasteiger charge is 2.25. The monoisotopic (exact) mass is 777 g/mol. The summed E-state index contributed by atoms with van der Waals surface area (Å²) >= 11 is 0. The van der Waals surface area contributed by atoms with E-state index in [1.807, 2.05) is 18.2 Å². The number of ether oxygens (including phenoxy) is 2. The van der Waals surface area contributed by atoms with E-state index in [4.69, 9.17) is 24.3 Å². The van der Waals surface area contributed by atoms with Crippen molar-refractivity contribution >= 4 is 25.5 Å². The van der Waals surface area contributed by atoms with Crippen molar-refractivity contribution in [1.29, 1.82) is 0 Å². The van der Waals surface area contributed by atoms with Crippen molar-refractivity contribution in [3.05, 3.63) is 72.9 Å². The number of phosphoric ester groups is 1. The Morgan fingerprint density at radius 1 is 0.611 bits per heavy atom. The number of nitrogens with two attached hydrogens (primary N) is 1. The molecule has 0 heterocycles. The highest BCUT2D eigenvalue weighted by atomic mass is 31.2. The molecule has 0 saturated heterocycles. The lowest BCUT2D eigenvalue weighted by Gasteiger charge is -2.19. The van der Waals surface area contributed by atoms with E-state index < -0.39 is 32.5 Å². The molecule has 10 nitrogen and oxygen atoms in total. The molecule has 0 aliphatic rings. The van der Waals surface area contributed by atoms with E-state index in [1.54, 1.807) is 6.08 Å². The maximum atomic E-state index is 12.5. The van der Waals surface area contributed by atoms with Gasteiger partial charge in [0.05, 0.1) is 13.2 Å². The normalized spacial score (nSPS) is 14.0. The SMILES string of the molecule is CCCCC/C=C\C=C\C(=O)CCCCCCCC(=O)OC[C@H](COP(=O)(O)OCCN)OC(=O)CCC/C=C\C/C=C\C/C=C\C/C=C\CCCCC. The van der Waals surface area contributed by atoms with Gasteiger partial charge in [0.15, 0.2) is 11.9 Å². The number of hydrogen-bond acceptors (Lipinski definition) is 9. The second-order valence-electron chi connectivity index (χ2n) is 13.2. The van der Waals surface area contributed by atoms with Crippen molar-refractivity contribution in [2.24, 2.45) is 5.73 Å². The van der Waals surface area contributed by atoms with Gasteiger partial charge in [-0.15, -0.1) is 0 Å². The average molecular weight is 778 g/mol. The lowest BCUT2D eigenvalue weighted by Crippen LogP contribution is -2.29. The fourth-order valence-corrected chi connectivity index (χ4v) is 5.72. The van der Waals surface area contributed by atoms with Crippen LogP contribution in [0.15, 0.2) is 72.9 Å². The topological polar surface area (TPSA) is 151 Å². The molecule has 54 heavy (non-hydrogen) atoms. The molecule has 308 valence electrons. The van der Waals surface area contributed by atoms with Crippen LogP contribution in [0.1, 0.15) is 149 Å². The van der Waals surface area contributed by atoms with Crippen LogP contribution in [-0.2, 0) is 37.5 Å². The Kier molecular flexibility index (Phi) is 36.3. The van der Waals surface area contributed by atoms with Gasteiger partial charge >= 0.3 is 19.8 Å². The third kappa shape index (κ3) is 37.4. The quantitative estimate of drug-likeness (QED) is 0.0156. The van der Waals surface area contributed by atoms with Gasteiger partial charge in [0, 0.05) is 25.8 Å². The van der Waals surface area contributed by atoms with Crippen molar-refractivity contribution in [3.8, 4) is 0 Å². The van der Waals surface area contributed by atoms with Crippen LogP contribution in [0.4, 0.5) is 0 Å². The van der Waals surface area contributed by atoms with E-state index >= 15 is 0 Å². The van der Waals surface area contributed by atoms with Gasteiger partial charge in [-0.1, -0.05) is 126 Å². The van der Waals surface area contributed by atoms with Crippen LogP contribution >= 0.6 is 7.82 Å². The number of ketones is 1. The molecule has 0 rings (SSSR count). The molecular formula is C43H72NO9P. The Hall–Kier alpha value is -2.88. The Balaban J connectivity index is 4.40. The zero-order valence-corrected chi connectivity index (χ0v) is 34.3. The predicted octanol–water partition coefficient (Wildman–Crippen LogP) is 10.7. The van der Waals surface area contributed by atoms with Crippen LogP contribution in [0, 0.1) is 0 Å². The van der Waals surface area contributed by atoms with Gasteiger partial charge < -0.3 is 20.1 Å². The second kappa shape index (κ2) is 38.4. The van der Waals surface area contributed by atoms with E-state index in [-0.39, 0.29) is 38.4 Å². The number of hydrogen-bond donors (Lipinski definition) is 2. The molecule has 0 radical (unpaired) electrons. The summed E-state index contributed by atoms with van der Waals surface area (Å²) in [5, 5.41) is 0. The minimum Gasteiger partial charge on any atom is -0.462 e. The molecule has 0 aromatic carbocycles. The first-order valence-electron chi connectivity index (χ1n) is 20.4. The standard InChI is InChI=1S/C43H72NO9P/c1-3-5-7-9-11-12-13-14-15-16-17-18-19-20-22-26-31-35-43(47)53-41(39-52-54(48,49)51-37-36-44)38-50-42(46)34-30-27-23-25-29-33-40(45)32-28-24-21-10-8-6-4-2/h11-12,14-15,17-18,20-22,24,28,32,41H,3-10,13,16,19,23,25-27,29-31,33-39,44H2,1-2H3,(H,48,49)/b12-11-,15-14-,18-17-,22-20-,24-21-,32-28+/t41-/m1/s1. The fraction of sp³-hybridized carbons (Fsp3) is 0.651. The van der Waals surface area contributed by atoms with Crippen LogP contribution in [0.3, 0.4) is 0 Å². The van der Waals surface area contributed by atoms with Crippen LogP contribution < -0.4 is 5.73 Å². The summed E-state index contributed by atoms with van der Waals surface area (Å²) in [6.45, 7) is 3.42. The molecule has 0 aliphatic heterocycles. The molecule has 0 bridgehead atoms. The van der Waals surface area contributed by atoms with E-state index in [9.17, 15) is 23.8 Å². The van der Waals surface area contributed by atoms with Gasteiger partial charge in [-0.3, -0.25) is 23.4 Å². The number of unbranched alkanes of at least 4 members (excludes halogenated alkanes) is 11. The second-order valence-corrected chi connectivity index (χ2v) is 14.6. The summed E-state index contributed by atoms with van der Waals surface area (Å²) < 4.78 is 32.6. The number of allylic oxidation sites excluding steroid dienone is 12. The molecule has 11 heteroatoms. The summed E-state index contributed by atoms with van der Waals surface area (Å²) in [6, 6.07) is 0. The third-order valence-electron chi connectivity index (χ3n) is 8.04. The summed E-state index contributed by atoms with van der Waals surface area (Å²) in [4.78, 5) is 46.8. The molecule has 0 aromatic heterocycles. The molecule has 0 amide bonds. The van der Waals surface area contributed by atoms with E-state index in [1.165, 1.54) is 38.5 Å². The maximum Gasteiger partial charge on any atom is 0.472 e. The highest BCUT2D eigenvalue weighted by molar-refractivity contribution is 7.47. The van der Waals surface area contributed by atoms with Crippen LogP contribution in [0.2, 0.25) is 0 Å². The number of esters is 2. The summed E-state index contributed by atoms with van der Waals surface area (Å²) in [6.07, 6.45) is 41.9. The fourth-order valence-electron chi connectivity index (χ4n) is 4.96. The minimum atomic E-state index is -4.42. The first-order valence-corrected chi connectivity index (χ1v) is 21.9. The first-order chi connectivity index (χ1) is 26.2. The van der Waals surface area contributed by atoms with Gasteiger partial charge in [0.25, 0.3) is 0 Å². The minimum absolute atomic E-state index is 0.0238. The summed E-state index contributed by atoms with van der Waals surface area (Å²) in [5.74, 6) is -0.878. The first kappa shape index (κ1) is 51.1. The Bertz CT molecular complexity index is 1180. The molecule has 0 spiro atoms. The molecule has 3 N–H and O–H groups in total. The smallest absolute Gasteiger partial charge is 0.462 e. The van der Waals surface area contributed by atoms with E-state index in [2.05, 4.69) is 62.5 Å². The predicted molar refractivity (Wildman–Crippen MR) is 220 cm³/mol. The van der Waals surface area contributed by atoms with Gasteiger partial charge in [-0.25, -0.2) is 4.57 Å². The highest BCUT2D eigenvalue weighted by Crippen LogP contribution is 2.43. The zero-order chi connectivity index (χ0) is 39.8. The Morgan fingerprint density at radius 2 is 1.15 bits per heavy atom. The molecule has 0 aliphatic carbocycles. The van der Waals surface area contributed by atoms with Crippen molar-refractivity contribution < 1.29 is 42.4 Å². The summed E-state index contributed by atoms with van der Waals surface area (Å²) in [7, 11) is -4.42. The van der Waals surface area contributed by atoms with Crippen LogP contribution in [-0.4, -0.2) is 55.1 Å².